The summed E-state index contributed by atoms with van der Waals surface area (Å²) in [6, 6.07) is 0. The molecular formula is C10H17BF4N3OS-. The fourth-order valence-electron chi connectivity index (χ4n) is 1.24. The largest absolute Gasteiger partial charge is 0.758 e. The van der Waals surface area contributed by atoms with Gasteiger partial charge >= 0.3 is 12.4 Å². The lowest BCUT2D eigenvalue weighted by atomic mass is 10.3. The first-order valence-electron chi connectivity index (χ1n) is 5.60. The number of nitrogens with zero attached hydrogens (tertiary/aromatic N) is 3. The summed E-state index contributed by atoms with van der Waals surface area (Å²) in [5.74, 6) is 0. The summed E-state index contributed by atoms with van der Waals surface area (Å²) in [5, 5.41) is 14.3. The third-order valence-electron chi connectivity index (χ3n) is 1.85. The molecule has 0 bridgehead atoms. The van der Waals surface area contributed by atoms with Crippen molar-refractivity contribution in [2.45, 2.75) is 0 Å². The average Bonchev–Trinajstić information content (AvgIpc) is 2.24. The van der Waals surface area contributed by atoms with Gasteiger partial charge < -0.3 is 27.5 Å². The van der Waals surface area contributed by atoms with E-state index in [0.29, 0.717) is 6.54 Å². The predicted molar refractivity (Wildman–Crippen MR) is 75.9 cm³/mol. The van der Waals surface area contributed by atoms with E-state index in [-0.39, 0.29) is 0 Å². The van der Waals surface area contributed by atoms with Crippen molar-refractivity contribution in [2.24, 2.45) is 0 Å². The molecule has 4 nitrogen and oxygen atoms in total. The minimum absolute atomic E-state index is 0.437. The van der Waals surface area contributed by atoms with E-state index in [4.69, 9.17) is 0 Å². The molecule has 20 heavy (non-hydrogen) atoms. The zero-order chi connectivity index (χ0) is 15.9. The molecule has 0 fully saturated rings. The molecule has 116 valence electrons. The Morgan fingerprint density at radius 1 is 1.35 bits per heavy atom. The van der Waals surface area contributed by atoms with Crippen LogP contribution < -0.4 is 0 Å². The Morgan fingerprint density at radius 2 is 1.85 bits per heavy atom. The molecule has 1 aliphatic heterocycles. The Hall–Kier alpha value is -1.16. The molecule has 0 spiro atoms. The number of hydrogen-bond donors (Lipinski definition) is 0. The number of hydrogen-bond acceptors (Lipinski definition) is 3. The quantitative estimate of drug-likeness (QED) is 0.245. The van der Waals surface area contributed by atoms with E-state index in [0.717, 1.165) is 15.3 Å². The van der Waals surface area contributed by atoms with Gasteiger partial charge in [0.2, 0.25) is 0 Å². The summed E-state index contributed by atoms with van der Waals surface area (Å²) >= 11 is 1.48. The van der Waals surface area contributed by atoms with Crippen LogP contribution in [-0.2, 0) is 0 Å². The predicted octanol–water partition coefficient (Wildman–Crippen LogP) is 2.42. The van der Waals surface area contributed by atoms with Gasteiger partial charge in [0, 0.05) is 18.3 Å². The van der Waals surface area contributed by atoms with Crippen LogP contribution in [0.4, 0.5) is 17.3 Å². The lowest BCUT2D eigenvalue weighted by Crippen LogP contribution is -2.28. The topological polar surface area (TPSA) is 32.5 Å². The SMILES string of the molecule is CN(C)C(SC1=CC=CCN1[O-])=[N+](C)C.F[B-](F)(F)F. The lowest BCUT2D eigenvalue weighted by Gasteiger charge is -2.32. The summed E-state index contributed by atoms with van der Waals surface area (Å²) in [7, 11) is 1.88. The maximum atomic E-state index is 11.5. The van der Waals surface area contributed by atoms with Crippen molar-refractivity contribution in [3.05, 3.63) is 28.5 Å². The number of hydroxylamine groups is 2. The smallest absolute Gasteiger partial charge is 0.673 e. The fourth-order valence-corrected chi connectivity index (χ4v) is 2.12. The maximum Gasteiger partial charge on any atom is 0.673 e. The second-order valence-corrected chi connectivity index (χ2v) is 5.15. The molecule has 1 aliphatic rings. The van der Waals surface area contributed by atoms with Gasteiger partial charge in [-0.3, -0.25) is 9.48 Å². The van der Waals surface area contributed by atoms with Gasteiger partial charge in [-0.25, -0.2) is 0 Å². The number of amidine groups is 1. The van der Waals surface area contributed by atoms with Crippen molar-refractivity contribution in [2.75, 3.05) is 34.7 Å². The van der Waals surface area contributed by atoms with Crippen molar-refractivity contribution in [3.63, 3.8) is 0 Å². The number of allylic oxidation sites excluding steroid dienone is 2. The van der Waals surface area contributed by atoms with Crippen molar-refractivity contribution in [3.8, 4) is 0 Å². The van der Waals surface area contributed by atoms with Gasteiger partial charge in [-0.15, -0.1) is 0 Å². The van der Waals surface area contributed by atoms with E-state index < -0.39 is 7.25 Å². The maximum absolute atomic E-state index is 11.5. The number of rotatable bonds is 1. The van der Waals surface area contributed by atoms with E-state index >= 15 is 0 Å². The van der Waals surface area contributed by atoms with Crippen LogP contribution in [0.5, 0.6) is 0 Å². The first kappa shape index (κ1) is 18.8. The van der Waals surface area contributed by atoms with Crippen molar-refractivity contribution in [1.82, 2.24) is 9.96 Å². The van der Waals surface area contributed by atoms with Crippen LogP contribution in [-0.4, -0.2) is 61.7 Å². The Morgan fingerprint density at radius 3 is 2.20 bits per heavy atom. The van der Waals surface area contributed by atoms with E-state index in [2.05, 4.69) is 0 Å². The van der Waals surface area contributed by atoms with E-state index in [1.807, 2.05) is 55.9 Å². The fraction of sp³-hybridized carbons (Fsp3) is 0.500. The van der Waals surface area contributed by atoms with Crippen LogP contribution in [0.25, 0.3) is 0 Å². The van der Waals surface area contributed by atoms with Gasteiger partial charge in [0.25, 0.3) is 0 Å². The minimum atomic E-state index is -6.00. The minimum Gasteiger partial charge on any atom is -0.758 e. The molecule has 0 atom stereocenters. The summed E-state index contributed by atoms with van der Waals surface area (Å²) in [5.41, 5.74) is 0. The summed E-state index contributed by atoms with van der Waals surface area (Å²) in [4.78, 5) is 2.00. The average molecular weight is 314 g/mol. The van der Waals surface area contributed by atoms with Gasteiger partial charge in [0.1, 0.15) is 0 Å². The van der Waals surface area contributed by atoms with Crippen LogP contribution in [0.15, 0.2) is 23.3 Å². The standard InChI is InChI=1S/C10H17N3OS.BF4/c1-11(2)10(12(3)4)15-9-7-5-6-8-13(9)14;2-1(3,4)5/h5-7H,8H2,1-4H3;/q;-1. The van der Waals surface area contributed by atoms with E-state index in [1.54, 1.807) is 0 Å². The van der Waals surface area contributed by atoms with Crippen LogP contribution in [0, 0.1) is 5.21 Å². The summed E-state index contributed by atoms with van der Waals surface area (Å²) in [6.07, 6.45) is 5.61. The van der Waals surface area contributed by atoms with Gasteiger partial charge in [-0.05, 0) is 6.08 Å². The van der Waals surface area contributed by atoms with Crippen LogP contribution in [0.3, 0.4) is 0 Å². The van der Waals surface area contributed by atoms with Gasteiger partial charge in [-0.1, -0.05) is 12.2 Å². The Kier molecular flexibility index (Phi) is 7.73. The second-order valence-electron chi connectivity index (χ2n) is 4.16. The Labute approximate surface area is 120 Å². The highest BCUT2D eigenvalue weighted by Gasteiger charge is 2.20. The molecule has 0 aromatic heterocycles. The van der Waals surface area contributed by atoms with Gasteiger partial charge in [-0.2, -0.15) is 0 Å². The molecule has 10 heteroatoms. The molecule has 0 radical (unpaired) electrons. The molecule has 0 N–H and O–H groups in total. The van der Waals surface area contributed by atoms with Crippen molar-refractivity contribution >= 4 is 24.2 Å². The molecule has 1 heterocycles. The molecule has 0 aromatic rings. The van der Waals surface area contributed by atoms with Crippen LogP contribution in [0.2, 0.25) is 0 Å². The zero-order valence-electron chi connectivity index (χ0n) is 11.7. The highest BCUT2D eigenvalue weighted by atomic mass is 32.2. The Bertz CT molecular complexity index is 400. The highest BCUT2D eigenvalue weighted by Crippen LogP contribution is 2.23. The molecule has 0 saturated carbocycles. The molecule has 0 unspecified atom stereocenters. The van der Waals surface area contributed by atoms with Crippen molar-refractivity contribution < 1.29 is 21.8 Å². The Balaban J connectivity index is 0.000000621. The third-order valence-corrected chi connectivity index (χ3v) is 3.31. The third kappa shape index (κ3) is 8.86. The van der Waals surface area contributed by atoms with Gasteiger partial charge in [0.15, 0.2) is 0 Å². The highest BCUT2D eigenvalue weighted by molar-refractivity contribution is 8.16. The monoisotopic (exact) mass is 314 g/mol. The molecule has 0 aromatic carbocycles. The molecule has 0 aliphatic carbocycles. The normalized spacial score (nSPS) is 14.2. The van der Waals surface area contributed by atoms with E-state index in [1.165, 1.54) is 11.8 Å². The van der Waals surface area contributed by atoms with Crippen LogP contribution >= 0.6 is 11.8 Å². The first-order valence-corrected chi connectivity index (χ1v) is 6.42. The molecule has 0 saturated heterocycles. The molecule has 1 rings (SSSR count). The van der Waals surface area contributed by atoms with Gasteiger partial charge in [0.05, 0.1) is 33.2 Å². The number of halogens is 4. The molecular weight excluding hydrogens is 297 g/mol. The zero-order valence-corrected chi connectivity index (χ0v) is 12.5. The van der Waals surface area contributed by atoms with E-state index in [9.17, 15) is 22.5 Å². The summed E-state index contributed by atoms with van der Waals surface area (Å²) in [6.45, 7) is 0.437. The first-order chi connectivity index (χ1) is 9.02. The molecule has 0 amide bonds. The second kappa shape index (κ2) is 8.20. The van der Waals surface area contributed by atoms with Crippen molar-refractivity contribution in [1.29, 1.82) is 0 Å². The van der Waals surface area contributed by atoms with Crippen LogP contribution in [0.1, 0.15) is 0 Å². The number of thioether (sulfide) groups is 1. The lowest BCUT2D eigenvalue weighted by molar-refractivity contribution is -0.466. The summed E-state index contributed by atoms with van der Waals surface area (Å²) < 4.78 is 41.0.